The third-order valence-electron chi connectivity index (χ3n) is 11.8. The Labute approximate surface area is 344 Å². The van der Waals surface area contributed by atoms with E-state index in [1.165, 1.54) is 17.7 Å². The molecule has 0 aliphatic heterocycles. The molecule has 0 N–H and O–H groups in total. The Morgan fingerprint density at radius 3 is 2.25 bits per heavy atom. The van der Waals surface area contributed by atoms with Crippen molar-refractivity contribution in [1.82, 2.24) is 9.13 Å². The first-order valence-electron chi connectivity index (χ1n) is 19.8. The molecule has 60 heavy (non-hydrogen) atoms. The van der Waals surface area contributed by atoms with Crippen LogP contribution in [0.15, 0.2) is 151 Å². The summed E-state index contributed by atoms with van der Waals surface area (Å²) in [6.45, 7) is 4.11. The molecule has 0 amide bonds. The molecule has 0 saturated heterocycles. The van der Waals surface area contributed by atoms with Crippen LogP contribution in [0.5, 0.6) is 0 Å². The van der Waals surface area contributed by atoms with Gasteiger partial charge in [-0.05, 0) is 96.6 Å². The van der Waals surface area contributed by atoms with Gasteiger partial charge in [-0.2, -0.15) is 23.7 Å². The third kappa shape index (κ3) is 5.82. The quantitative estimate of drug-likeness (QED) is 0.178. The number of fused-ring (bicyclic) bond motifs is 6. The molecule has 0 fully saturated rings. The van der Waals surface area contributed by atoms with Crippen molar-refractivity contribution in [2.24, 2.45) is 0 Å². The molecule has 2 aliphatic rings. The average molecular weight is 785 g/mol. The predicted molar refractivity (Wildman–Crippen MR) is 235 cm³/mol. The highest BCUT2D eigenvalue weighted by molar-refractivity contribution is 6.11. The smallest absolute Gasteiger partial charge is 0.308 e. The Kier molecular flexibility index (Phi) is 8.59. The standard InChI is InChI=1S/C53H35F3N4/c1-32-10-7-12-34(26-32)36-20-22-41-39-15-3-5-18-46(39)59(49(41)28-36)48-25-24-43(51-38(30-57)14-9-17-45(51)53(54,55)56)52(44(48)31-58)60-47-19-6-4-16-40(47)42-23-21-37(29-50(42)60)35-13-8-11-33(2)27-35/h3-11,13-14,16-29H,12,15H2,1-2H3. The van der Waals surface area contributed by atoms with Crippen LogP contribution in [0.2, 0.25) is 0 Å². The van der Waals surface area contributed by atoms with Crippen molar-refractivity contribution < 1.29 is 13.2 Å². The van der Waals surface area contributed by atoms with Crippen molar-refractivity contribution in [3.05, 3.63) is 190 Å². The summed E-state index contributed by atoms with van der Waals surface area (Å²) in [5, 5.41) is 26.8. The monoisotopic (exact) mass is 784 g/mol. The van der Waals surface area contributed by atoms with Gasteiger partial charge in [-0.15, -0.1) is 0 Å². The van der Waals surface area contributed by atoms with Gasteiger partial charge in [0.1, 0.15) is 11.6 Å². The Morgan fingerprint density at radius 2 is 1.45 bits per heavy atom. The fraction of sp³-hybridized carbons (Fsp3) is 0.0943. The van der Waals surface area contributed by atoms with E-state index in [0.717, 1.165) is 72.6 Å². The minimum absolute atomic E-state index is 0.128. The molecule has 2 heterocycles. The minimum atomic E-state index is -4.80. The lowest BCUT2D eigenvalue weighted by molar-refractivity contribution is -0.137. The van der Waals surface area contributed by atoms with Crippen LogP contribution in [0.25, 0.3) is 78.0 Å². The molecule has 0 saturated carbocycles. The first-order chi connectivity index (χ1) is 29.1. The van der Waals surface area contributed by atoms with Crippen LogP contribution in [0.1, 0.15) is 41.2 Å². The molecular weight excluding hydrogens is 750 g/mol. The second kappa shape index (κ2) is 14.0. The van der Waals surface area contributed by atoms with E-state index in [1.54, 1.807) is 12.1 Å². The Morgan fingerprint density at radius 1 is 0.667 bits per heavy atom. The second-order valence-corrected chi connectivity index (χ2v) is 15.5. The summed E-state index contributed by atoms with van der Waals surface area (Å²) in [7, 11) is 0. The normalized spacial score (nSPS) is 14.6. The zero-order valence-electron chi connectivity index (χ0n) is 32.8. The van der Waals surface area contributed by atoms with E-state index in [0.29, 0.717) is 23.1 Å². The Balaban J connectivity index is 1.39. The summed E-state index contributed by atoms with van der Waals surface area (Å²) >= 11 is 0. The Bertz CT molecular complexity index is 3460. The number of aryl methyl sites for hydroxylation is 1. The van der Waals surface area contributed by atoms with E-state index >= 15 is 13.2 Å². The van der Waals surface area contributed by atoms with Gasteiger partial charge in [0.05, 0.1) is 50.5 Å². The second-order valence-electron chi connectivity index (χ2n) is 15.5. The number of alkyl halides is 3. The summed E-state index contributed by atoms with van der Waals surface area (Å²) < 4.78 is 49.5. The van der Waals surface area contributed by atoms with E-state index in [4.69, 9.17) is 0 Å². The molecule has 0 atom stereocenters. The number of nitriles is 2. The highest BCUT2D eigenvalue weighted by atomic mass is 19.4. The highest BCUT2D eigenvalue weighted by Crippen LogP contribution is 2.46. The fourth-order valence-corrected chi connectivity index (χ4v) is 9.22. The lowest BCUT2D eigenvalue weighted by Crippen LogP contribution is -2.21. The molecule has 0 spiro atoms. The molecule has 288 valence electrons. The highest BCUT2D eigenvalue weighted by Gasteiger charge is 2.36. The molecule has 2 aliphatic carbocycles. The van der Waals surface area contributed by atoms with Crippen LogP contribution < -0.4 is 10.6 Å². The lowest BCUT2D eigenvalue weighted by atomic mass is 9.90. The van der Waals surface area contributed by atoms with Crippen molar-refractivity contribution in [2.75, 3.05) is 0 Å². The van der Waals surface area contributed by atoms with Gasteiger partial charge in [0, 0.05) is 27.3 Å². The summed E-state index contributed by atoms with van der Waals surface area (Å²) in [4.78, 5) is 0. The molecule has 7 heteroatoms. The fourth-order valence-electron chi connectivity index (χ4n) is 9.22. The zero-order chi connectivity index (χ0) is 41.3. The third-order valence-corrected chi connectivity index (χ3v) is 11.8. The van der Waals surface area contributed by atoms with Crippen molar-refractivity contribution in [3.63, 3.8) is 0 Å². The van der Waals surface area contributed by atoms with Gasteiger partial charge >= 0.3 is 6.18 Å². The van der Waals surface area contributed by atoms with Crippen LogP contribution >= 0.6 is 0 Å². The molecule has 6 aromatic carbocycles. The van der Waals surface area contributed by atoms with E-state index in [1.807, 2.05) is 78.2 Å². The molecule has 8 aromatic rings. The number of hydrogen-bond donors (Lipinski definition) is 0. The van der Waals surface area contributed by atoms with Gasteiger partial charge in [-0.25, -0.2) is 0 Å². The number of nitrogens with zero attached hydrogens (tertiary/aromatic N) is 4. The Hall–Kier alpha value is -7.61. The molecule has 2 aromatic heterocycles. The summed E-state index contributed by atoms with van der Waals surface area (Å²) in [6, 6.07) is 40.2. The molecule has 4 nitrogen and oxygen atoms in total. The minimum Gasteiger partial charge on any atom is -0.308 e. The van der Waals surface area contributed by atoms with Crippen LogP contribution in [-0.4, -0.2) is 9.13 Å². The van der Waals surface area contributed by atoms with Crippen LogP contribution in [-0.2, 0) is 12.6 Å². The number of aromatic nitrogens is 2. The maximum absolute atomic E-state index is 15.2. The van der Waals surface area contributed by atoms with Gasteiger partial charge in [-0.1, -0.05) is 120 Å². The summed E-state index contributed by atoms with van der Waals surface area (Å²) in [5.41, 5.74) is 8.46. The molecule has 0 radical (unpaired) electrons. The van der Waals surface area contributed by atoms with Crippen molar-refractivity contribution in [2.45, 2.75) is 32.9 Å². The van der Waals surface area contributed by atoms with Gasteiger partial charge < -0.3 is 9.13 Å². The van der Waals surface area contributed by atoms with Crippen molar-refractivity contribution in [3.8, 4) is 45.8 Å². The number of rotatable bonds is 4. The van der Waals surface area contributed by atoms with Gasteiger partial charge in [0.2, 0.25) is 0 Å². The lowest BCUT2D eigenvalue weighted by Gasteiger charge is -2.22. The molecule has 0 unspecified atom stereocenters. The van der Waals surface area contributed by atoms with E-state index in [-0.39, 0.29) is 27.9 Å². The number of halogens is 3. The van der Waals surface area contributed by atoms with Crippen molar-refractivity contribution in [1.29, 1.82) is 10.5 Å². The van der Waals surface area contributed by atoms with Crippen LogP contribution in [0.3, 0.4) is 0 Å². The predicted octanol–water partition coefficient (Wildman–Crippen LogP) is 12.1. The number of allylic oxidation sites excluding steroid dienone is 6. The van der Waals surface area contributed by atoms with Gasteiger partial charge in [0.25, 0.3) is 0 Å². The van der Waals surface area contributed by atoms with E-state index < -0.39 is 11.7 Å². The first-order valence-corrected chi connectivity index (χ1v) is 19.8. The zero-order valence-corrected chi connectivity index (χ0v) is 32.8. The molecular formula is C53H35F3N4. The topological polar surface area (TPSA) is 57.4 Å². The maximum atomic E-state index is 15.2. The summed E-state index contributed by atoms with van der Waals surface area (Å²) in [5.74, 6) is 0. The number of para-hydroxylation sites is 1. The van der Waals surface area contributed by atoms with Crippen LogP contribution in [0.4, 0.5) is 13.2 Å². The van der Waals surface area contributed by atoms with Crippen LogP contribution in [0, 0.1) is 29.6 Å². The maximum Gasteiger partial charge on any atom is 0.417 e. The largest absolute Gasteiger partial charge is 0.417 e. The summed E-state index contributed by atoms with van der Waals surface area (Å²) in [6.07, 6.45) is 9.26. The first kappa shape index (κ1) is 36.7. The molecule has 0 bridgehead atoms. The van der Waals surface area contributed by atoms with Gasteiger partial charge in [-0.3, -0.25) is 0 Å². The number of benzene rings is 6. The number of hydrogen-bond acceptors (Lipinski definition) is 2. The SMILES string of the molecule is CC1=CC(=c2ccc3c4c(n(-c5ccc(-c6c(C#N)cccc6C(F)(F)F)c(-n6c7ccccc7c7ccc(-c8cccc(C)c8)cc76)c5C#N)c3c2)=CC=CC4)CC=C1. The van der Waals surface area contributed by atoms with Gasteiger partial charge in [0.15, 0.2) is 0 Å². The van der Waals surface area contributed by atoms with E-state index in [9.17, 15) is 10.5 Å². The molecule has 10 rings (SSSR count). The average Bonchev–Trinajstić information content (AvgIpc) is 3.77. The van der Waals surface area contributed by atoms with Crippen molar-refractivity contribution >= 4 is 44.4 Å². The van der Waals surface area contributed by atoms with E-state index in [2.05, 4.69) is 78.3 Å².